The second kappa shape index (κ2) is 7.58. The first kappa shape index (κ1) is 18.1. The predicted molar refractivity (Wildman–Crippen MR) is 93.1 cm³/mol. The first-order chi connectivity index (χ1) is 11.2. The third-order valence-corrected chi connectivity index (χ3v) is 4.05. The molecule has 0 fully saturated rings. The summed E-state index contributed by atoms with van der Waals surface area (Å²) in [6.45, 7) is 4.63. The van der Waals surface area contributed by atoms with Gasteiger partial charge >= 0.3 is 0 Å². The first-order valence-corrected chi connectivity index (χ1v) is 9.79. The van der Waals surface area contributed by atoms with Crippen LogP contribution in [0.3, 0.4) is 0 Å². The van der Waals surface area contributed by atoms with Crippen molar-refractivity contribution in [2.24, 2.45) is 5.92 Å². The summed E-state index contributed by atoms with van der Waals surface area (Å²) in [6.07, 6.45) is 1.01. The summed E-state index contributed by atoms with van der Waals surface area (Å²) in [5, 5.41) is 10.2. The van der Waals surface area contributed by atoms with Gasteiger partial charge in [0.15, 0.2) is 0 Å². The molecular weight excluding hydrogens is 352 g/mol. The second-order valence-corrected chi connectivity index (χ2v) is 8.20. The molecule has 0 saturated carbocycles. The number of carbonyl (C=O) groups is 1. The molecule has 1 amide bonds. The number of nitrogens with zero attached hydrogens (tertiary/aromatic N) is 2. The van der Waals surface area contributed by atoms with E-state index in [0.717, 1.165) is 17.6 Å². The van der Waals surface area contributed by atoms with Gasteiger partial charge in [0.25, 0.3) is 5.91 Å². The molecule has 0 unspecified atom stereocenters. The molecule has 10 heteroatoms. The van der Waals surface area contributed by atoms with Crippen LogP contribution in [0.25, 0.3) is 0 Å². The van der Waals surface area contributed by atoms with Crippen molar-refractivity contribution in [1.29, 1.82) is 0 Å². The lowest BCUT2D eigenvalue weighted by Gasteiger charge is -2.09. The lowest BCUT2D eigenvalue weighted by atomic mass is 10.2. The normalized spacial score (nSPS) is 11.3. The number of nitrogens with one attached hydrogen (secondary N) is 2. The molecular formula is C14H18N4O4S2. The summed E-state index contributed by atoms with van der Waals surface area (Å²) in [4.78, 5) is 12.2. The topological polar surface area (TPSA) is 110 Å². The number of rotatable bonds is 7. The van der Waals surface area contributed by atoms with Gasteiger partial charge in [-0.05, 0) is 24.1 Å². The fourth-order valence-electron chi connectivity index (χ4n) is 1.63. The summed E-state index contributed by atoms with van der Waals surface area (Å²) in [6, 6.07) is 6.78. The van der Waals surface area contributed by atoms with Crippen molar-refractivity contribution in [3.8, 4) is 5.75 Å². The van der Waals surface area contributed by atoms with Gasteiger partial charge < -0.3 is 4.74 Å². The van der Waals surface area contributed by atoms with Crippen LogP contribution in [0.4, 0.5) is 10.3 Å². The molecule has 0 aliphatic carbocycles. The van der Waals surface area contributed by atoms with Gasteiger partial charge in [0.05, 0.1) is 12.9 Å². The molecule has 0 saturated heterocycles. The zero-order valence-electron chi connectivity index (χ0n) is 13.4. The first-order valence-electron chi connectivity index (χ1n) is 7.08. The van der Waals surface area contributed by atoms with Crippen LogP contribution in [0.15, 0.2) is 24.3 Å². The zero-order chi connectivity index (χ0) is 17.7. The number of benzene rings is 1. The van der Waals surface area contributed by atoms with Crippen molar-refractivity contribution in [2.45, 2.75) is 13.8 Å². The highest BCUT2D eigenvalue weighted by molar-refractivity contribution is 7.92. The molecule has 2 N–H and O–H groups in total. The van der Waals surface area contributed by atoms with Crippen LogP contribution in [-0.4, -0.2) is 37.4 Å². The summed E-state index contributed by atoms with van der Waals surface area (Å²) in [7, 11) is -3.43. The number of sulfonamides is 1. The number of carbonyl (C=O) groups excluding carboxylic acids is 1. The van der Waals surface area contributed by atoms with E-state index < -0.39 is 10.0 Å². The average Bonchev–Trinajstić information content (AvgIpc) is 2.90. The van der Waals surface area contributed by atoms with Crippen LogP contribution >= 0.6 is 11.3 Å². The monoisotopic (exact) mass is 370 g/mol. The minimum atomic E-state index is -3.43. The van der Waals surface area contributed by atoms with Gasteiger partial charge in [0.1, 0.15) is 5.75 Å². The maximum absolute atomic E-state index is 12.2. The standard InChI is InChI=1S/C14H18N4O4S2/c1-9(2)8-22-11-6-4-5-10(7-11)12(19)15-13-16-17-14(23-13)18-24(3,20)21/h4-7,9H,8H2,1-3H3,(H,17,18)(H,15,16,19). The van der Waals surface area contributed by atoms with Crippen LogP contribution < -0.4 is 14.8 Å². The van der Waals surface area contributed by atoms with E-state index >= 15 is 0 Å². The Kier molecular flexibility index (Phi) is 5.73. The maximum atomic E-state index is 12.2. The van der Waals surface area contributed by atoms with E-state index in [1.54, 1.807) is 24.3 Å². The number of hydrogen-bond donors (Lipinski definition) is 2. The Balaban J connectivity index is 2.03. The second-order valence-electron chi connectivity index (χ2n) is 5.47. The molecule has 1 aromatic heterocycles. The van der Waals surface area contributed by atoms with Crippen LogP contribution in [0.1, 0.15) is 24.2 Å². The van der Waals surface area contributed by atoms with Gasteiger partial charge in [0.2, 0.25) is 20.3 Å². The Morgan fingerprint density at radius 2 is 2.00 bits per heavy atom. The summed E-state index contributed by atoms with van der Waals surface area (Å²) in [5.74, 6) is 0.602. The molecule has 0 atom stereocenters. The number of amides is 1. The number of aromatic nitrogens is 2. The van der Waals surface area contributed by atoms with Crippen LogP contribution in [0.2, 0.25) is 0 Å². The molecule has 0 aliphatic rings. The Labute approximate surface area is 144 Å². The Bertz CT molecular complexity index is 818. The maximum Gasteiger partial charge on any atom is 0.257 e. The van der Waals surface area contributed by atoms with Crippen molar-refractivity contribution in [3.05, 3.63) is 29.8 Å². The molecule has 2 rings (SSSR count). The summed E-state index contributed by atoms with van der Waals surface area (Å²) >= 11 is 0.925. The molecule has 1 aromatic carbocycles. The van der Waals surface area contributed by atoms with Gasteiger partial charge in [-0.15, -0.1) is 10.2 Å². The van der Waals surface area contributed by atoms with Gasteiger partial charge in [-0.3, -0.25) is 14.8 Å². The van der Waals surface area contributed by atoms with E-state index in [1.807, 2.05) is 13.8 Å². The molecule has 0 bridgehead atoms. The van der Waals surface area contributed by atoms with E-state index in [4.69, 9.17) is 4.74 Å². The highest BCUT2D eigenvalue weighted by Crippen LogP contribution is 2.22. The molecule has 0 aliphatic heterocycles. The third-order valence-electron chi connectivity index (χ3n) is 2.60. The van der Waals surface area contributed by atoms with E-state index in [2.05, 4.69) is 20.2 Å². The Hall–Kier alpha value is -2.20. The lowest BCUT2D eigenvalue weighted by molar-refractivity contribution is 0.102. The van der Waals surface area contributed by atoms with Gasteiger partial charge in [-0.25, -0.2) is 8.42 Å². The summed E-state index contributed by atoms with van der Waals surface area (Å²) < 4.78 is 30.0. The molecule has 8 nitrogen and oxygen atoms in total. The fraction of sp³-hybridized carbons (Fsp3) is 0.357. The van der Waals surface area contributed by atoms with Gasteiger partial charge in [-0.2, -0.15) is 0 Å². The highest BCUT2D eigenvalue weighted by atomic mass is 32.2. The van der Waals surface area contributed by atoms with E-state index in [1.165, 1.54) is 0 Å². The van der Waals surface area contributed by atoms with Crippen molar-refractivity contribution in [1.82, 2.24) is 10.2 Å². The molecule has 0 spiro atoms. The molecule has 24 heavy (non-hydrogen) atoms. The third kappa shape index (κ3) is 5.78. The Morgan fingerprint density at radius 1 is 1.29 bits per heavy atom. The SMILES string of the molecule is CC(C)COc1cccc(C(=O)Nc2nnc(NS(C)(=O)=O)s2)c1. The summed E-state index contributed by atoms with van der Waals surface area (Å²) in [5.41, 5.74) is 0.407. The molecule has 1 heterocycles. The van der Waals surface area contributed by atoms with E-state index in [9.17, 15) is 13.2 Å². The van der Waals surface area contributed by atoms with Crippen molar-refractivity contribution >= 4 is 37.5 Å². The molecule has 130 valence electrons. The van der Waals surface area contributed by atoms with Gasteiger partial charge in [0, 0.05) is 5.56 Å². The van der Waals surface area contributed by atoms with Crippen molar-refractivity contribution in [3.63, 3.8) is 0 Å². The molecule has 2 aromatic rings. The molecule has 0 radical (unpaired) electrons. The van der Waals surface area contributed by atoms with Crippen LogP contribution in [0, 0.1) is 5.92 Å². The van der Waals surface area contributed by atoms with Crippen molar-refractivity contribution < 1.29 is 17.9 Å². The predicted octanol–water partition coefficient (Wildman–Crippen LogP) is 2.20. The number of ether oxygens (including phenoxy) is 1. The minimum absolute atomic E-state index is 0.0850. The minimum Gasteiger partial charge on any atom is -0.493 e. The fourth-order valence-corrected chi connectivity index (χ4v) is 3.10. The zero-order valence-corrected chi connectivity index (χ0v) is 15.1. The van der Waals surface area contributed by atoms with Crippen LogP contribution in [-0.2, 0) is 10.0 Å². The quantitative estimate of drug-likeness (QED) is 0.773. The largest absolute Gasteiger partial charge is 0.493 e. The number of anilines is 2. The van der Waals surface area contributed by atoms with Crippen LogP contribution in [0.5, 0.6) is 5.75 Å². The lowest BCUT2D eigenvalue weighted by Crippen LogP contribution is -2.12. The average molecular weight is 370 g/mol. The van der Waals surface area contributed by atoms with E-state index in [-0.39, 0.29) is 16.2 Å². The Morgan fingerprint density at radius 3 is 2.67 bits per heavy atom. The van der Waals surface area contributed by atoms with Gasteiger partial charge in [-0.1, -0.05) is 31.3 Å². The number of hydrogen-bond acceptors (Lipinski definition) is 7. The highest BCUT2D eigenvalue weighted by Gasteiger charge is 2.13. The smallest absolute Gasteiger partial charge is 0.257 e. The van der Waals surface area contributed by atoms with Crippen molar-refractivity contribution in [2.75, 3.05) is 22.9 Å². The van der Waals surface area contributed by atoms with E-state index in [0.29, 0.717) is 23.8 Å².